The first-order chi connectivity index (χ1) is 12.6. The van der Waals surface area contributed by atoms with Crippen LogP contribution in [0.5, 0.6) is 0 Å². The third-order valence-corrected chi connectivity index (χ3v) is 4.70. The molecule has 3 aromatic carbocycles. The fourth-order valence-corrected chi connectivity index (χ4v) is 3.27. The van der Waals surface area contributed by atoms with E-state index in [1.165, 1.54) is 18.2 Å². The molecule has 1 unspecified atom stereocenters. The molecule has 0 fully saturated rings. The maximum Gasteiger partial charge on any atom is 0.128 e. The van der Waals surface area contributed by atoms with Gasteiger partial charge >= 0.3 is 0 Å². The zero-order chi connectivity index (χ0) is 18.1. The minimum atomic E-state index is -0.299. The van der Waals surface area contributed by atoms with Crippen LogP contribution in [0.15, 0.2) is 77.9 Å². The molecule has 0 N–H and O–H groups in total. The van der Waals surface area contributed by atoms with E-state index in [4.69, 9.17) is 16.7 Å². The third kappa shape index (κ3) is 3.20. The smallest absolute Gasteiger partial charge is 0.128 e. The topological polar surface area (TPSA) is 15.6 Å². The lowest BCUT2D eigenvalue weighted by Gasteiger charge is -2.24. The minimum absolute atomic E-state index is 0.271. The molecule has 0 saturated carbocycles. The summed E-state index contributed by atoms with van der Waals surface area (Å²) in [5.74, 6) is -0.570. The predicted molar refractivity (Wildman–Crippen MR) is 101 cm³/mol. The molecule has 130 valence electrons. The zero-order valence-corrected chi connectivity index (χ0v) is 14.5. The molecule has 0 aromatic heterocycles. The predicted octanol–water partition coefficient (Wildman–Crippen LogP) is 5.97. The molecule has 5 heteroatoms. The average Bonchev–Trinajstić information content (AvgIpc) is 3.08. The summed E-state index contributed by atoms with van der Waals surface area (Å²) in [6, 6.07) is 19.9. The number of nitrogens with zero attached hydrogens (tertiary/aromatic N) is 2. The average molecular weight is 369 g/mol. The second-order valence-electron chi connectivity index (χ2n) is 6.12. The van der Waals surface area contributed by atoms with Gasteiger partial charge in [0, 0.05) is 17.0 Å². The van der Waals surface area contributed by atoms with Gasteiger partial charge in [-0.3, -0.25) is 5.01 Å². The van der Waals surface area contributed by atoms with Crippen LogP contribution in [0.3, 0.4) is 0 Å². The molecule has 2 nitrogen and oxygen atoms in total. The molecule has 1 atom stereocenters. The summed E-state index contributed by atoms with van der Waals surface area (Å²) >= 11 is 5.99. The van der Waals surface area contributed by atoms with Crippen LogP contribution in [0.2, 0.25) is 5.02 Å². The largest absolute Gasteiger partial charge is 0.257 e. The van der Waals surface area contributed by atoms with Gasteiger partial charge in [-0.05, 0) is 48.0 Å². The highest BCUT2D eigenvalue weighted by Gasteiger charge is 2.31. The van der Waals surface area contributed by atoms with Crippen molar-refractivity contribution in [1.82, 2.24) is 0 Å². The highest BCUT2D eigenvalue weighted by molar-refractivity contribution is 6.30. The van der Waals surface area contributed by atoms with Crippen molar-refractivity contribution in [3.05, 3.63) is 101 Å². The van der Waals surface area contributed by atoms with Gasteiger partial charge in [0.1, 0.15) is 11.6 Å². The fourth-order valence-electron chi connectivity index (χ4n) is 3.15. The number of hydrogen-bond acceptors (Lipinski definition) is 2. The van der Waals surface area contributed by atoms with Crippen LogP contribution in [0.25, 0.3) is 0 Å². The normalized spacial score (nSPS) is 16.7. The van der Waals surface area contributed by atoms with Crippen LogP contribution in [0.1, 0.15) is 23.6 Å². The Morgan fingerprint density at radius 3 is 2.27 bits per heavy atom. The molecule has 1 aliphatic rings. The van der Waals surface area contributed by atoms with Gasteiger partial charge in [-0.15, -0.1) is 0 Å². The lowest BCUT2D eigenvalue weighted by atomic mass is 9.98. The second-order valence-corrected chi connectivity index (χ2v) is 6.55. The van der Waals surface area contributed by atoms with E-state index < -0.39 is 0 Å². The Kier molecular flexibility index (Phi) is 4.43. The molecular weight excluding hydrogens is 354 g/mol. The van der Waals surface area contributed by atoms with E-state index >= 15 is 0 Å². The summed E-state index contributed by atoms with van der Waals surface area (Å²) in [5, 5.41) is 7.13. The summed E-state index contributed by atoms with van der Waals surface area (Å²) in [4.78, 5) is 0. The van der Waals surface area contributed by atoms with Crippen molar-refractivity contribution in [2.75, 3.05) is 5.01 Å². The minimum Gasteiger partial charge on any atom is -0.257 e. The van der Waals surface area contributed by atoms with Gasteiger partial charge < -0.3 is 0 Å². The van der Waals surface area contributed by atoms with Crippen molar-refractivity contribution in [3.8, 4) is 0 Å². The van der Waals surface area contributed by atoms with Crippen molar-refractivity contribution >= 4 is 23.0 Å². The van der Waals surface area contributed by atoms with Gasteiger partial charge in [-0.2, -0.15) is 5.10 Å². The summed E-state index contributed by atoms with van der Waals surface area (Å²) in [6.07, 6.45) is 0.523. The van der Waals surface area contributed by atoms with E-state index in [1.807, 2.05) is 18.2 Å². The van der Waals surface area contributed by atoms with Gasteiger partial charge in [-0.1, -0.05) is 41.9 Å². The van der Waals surface area contributed by atoms with Gasteiger partial charge in [0.05, 0.1) is 17.4 Å². The van der Waals surface area contributed by atoms with E-state index in [9.17, 15) is 8.78 Å². The number of hydrogen-bond donors (Lipinski definition) is 0. The van der Waals surface area contributed by atoms with Crippen molar-refractivity contribution in [3.63, 3.8) is 0 Å². The fraction of sp³-hybridized carbons (Fsp3) is 0.0952. The summed E-state index contributed by atoms with van der Waals surface area (Å²) in [7, 11) is 0. The van der Waals surface area contributed by atoms with Crippen LogP contribution in [-0.4, -0.2) is 5.71 Å². The Balaban J connectivity index is 1.77. The lowest BCUT2D eigenvalue weighted by molar-refractivity contribution is 0.579. The maximum atomic E-state index is 14.4. The van der Waals surface area contributed by atoms with Crippen LogP contribution in [0.4, 0.5) is 14.5 Å². The molecule has 1 heterocycles. The molecule has 1 aliphatic heterocycles. The van der Waals surface area contributed by atoms with Gasteiger partial charge in [0.2, 0.25) is 0 Å². The number of hydrazone groups is 1. The molecule has 0 bridgehead atoms. The van der Waals surface area contributed by atoms with Crippen LogP contribution >= 0.6 is 11.6 Å². The second kappa shape index (κ2) is 6.89. The van der Waals surface area contributed by atoms with E-state index in [2.05, 4.69) is 0 Å². The molecule has 0 spiro atoms. The van der Waals surface area contributed by atoms with Crippen LogP contribution in [0, 0.1) is 11.6 Å². The van der Waals surface area contributed by atoms with Crippen LogP contribution in [-0.2, 0) is 0 Å². The summed E-state index contributed by atoms with van der Waals surface area (Å²) in [5.41, 5.74) is 3.00. The third-order valence-electron chi connectivity index (χ3n) is 4.44. The molecular formula is C21H15ClF2N2. The molecule has 0 aliphatic carbocycles. The van der Waals surface area contributed by atoms with Crippen molar-refractivity contribution in [1.29, 1.82) is 0 Å². The Bertz CT molecular complexity index is 953. The monoisotopic (exact) mass is 368 g/mol. The van der Waals surface area contributed by atoms with E-state index in [-0.39, 0.29) is 17.7 Å². The zero-order valence-electron chi connectivity index (χ0n) is 13.7. The maximum absolute atomic E-state index is 14.4. The molecule has 26 heavy (non-hydrogen) atoms. The molecule has 0 saturated heterocycles. The quantitative estimate of drug-likeness (QED) is 0.555. The Morgan fingerprint density at radius 2 is 1.58 bits per heavy atom. The van der Waals surface area contributed by atoms with Gasteiger partial charge in [-0.25, -0.2) is 8.78 Å². The highest BCUT2D eigenvalue weighted by atomic mass is 35.5. The molecule has 0 radical (unpaired) electrons. The molecule has 3 aromatic rings. The van der Waals surface area contributed by atoms with Gasteiger partial charge in [0.15, 0.2) is 0 Å². The summed E-state index contributed by atoms with van der Waals surface area (Å²) < 4.78 is 27.7. The first kappa shape index (κ1) is 16.7. The van der Waals surface area contributed by atoms with Crippen LogP contribution < -0.4 is 5.01 Å². The van der Waals surface area contributed by atoms with Crippen molar-refractivity contribution < 1.29 is 8.78 Å². The Hall–Kier alpha value is -2.72. The molecule has 0 amide bonds. The first-order valence-electron chi connectivity index (χ1n) is 8.24. The first-order valence-corrected chi connectivity index (χ1v) is 8.62. The van der Waals surface area contributed by atoms with E-state index in [0.717, 1.165) is 17.0 Å². The number of halogens is 3. The number of anilines is 1. The Morgan fingerprint density at radius 1 is 0.885 bits per heavy atom. The SMILES string of the molecule is Fc1ccc(C2=NN(c3ccc(Cl)cc3)C(c3ccccc3F)C2)cc1. The van der Waals surface area contributed by atoms with E-state index in [0.29, 0.717) is 17.0 Å². The van der Waals surface area contributed by atoms with E-state index in [1.54, 1.807) is 41.4 Å². The lowest BCUT2D eigenvalue weighted by Crippen LogP contribution is -2.19. The summed E-state index contributed by atoms with van der Waals surface area (Å²) in [6.45, 7) is 0. The highest BCUT2D eigenvalue weighted by Crippen LogP contribution is 2.37. The van der Waals surface area contributed by atoms with Crippen molar-refractivity contribution in [2.24, 2.45) is 5.10 Å². The van der Waals surface area contributed by atoms with Gasteiger partial charge in [0.25, 0.3) is 0 Å². The number of rotatable bonds is 3. The number of benzene rings is 3. The van der Waals surface area contributed by atoms with Crippen molar-refractivity contribution in [2.45, 2.75) is 12.5 Å². The molecule has 4 rings (SSSR count). The Labute approximate surface area is 155 Å². The standard InChI is InChI=1S/C21H15ClF2N2/c22-15-7-11-17(12-8-15)26-21(18-3-1-2-4-19(18)24)13-20(25-26)14-5-9-16(23)10-6-14/h1-12,21H,13H2.